The zero-order valence-corrected chi connectivity index (χ0v) is 14.8. The molecule has 0 aliphatic rings. The summed E-state index contributed by atoms with van der Waals surface area (Å²) in [5.74, 6) is 0.0602. The van der Waals surface area contributed by atoms with Crippen LogP contribution in [0.4, 0.5) is 0 Å². The van der Waals surface area contributed by atoms with Gasteiger partial charge in [0.25, 0.3) is 0 Å². The summed E-state index contributed by atoms with van der Waals surface area (Å²) in [5, 5.41) is 19.4. The fourth-order valence-electron chi connectivity index (χ4n) is 3.02. The van der Waals surface area contributed by atoms with Gasteiger partial charge in [-0.1, -0.05) is 55.8 Å². The zero-order chi connectivity index (χ0) is 18.4. The lowest BCUT2D eigenvalue weighted by Crippen LogP contribution is -2.01. The van der Waals surface area contributed by atoms with Gasteiger partial charge in [0.05, 0.1) is 17.3 Å². The number of aromatic hydroxyl groups is 1. The van der Waals surface area contributed by atoms with E-state index in [1.54, 1.807) is 0 Å². The molecule has 0 bridgehead atoms. The van der Waals surface area contributed by atoms with Gasteiger partial charge in [-0.2, -0.15) is 5.26 Å². The van der Waals surface area contributed by atoms with E-state index >= 15 is 0 Å². The zero-order valence-electron chi connectivity index (χ0n) is 14.8. The number of aromatic nitrogens is 2. The Balaban J connectivity index is 1.86. The Bertz CT molecular complexity index is 927. The van der Waals surface area contributed by atoms with Crippen molar-refractivity contribution in [3.8, 4) is 23.1 Å². The third-order valence-corrected chi connectivity index (χ3v) is 4.47. The molecule has 1 aromatic heterocycles. The quantitative estimate of drug-likeness (QED) is 0.707. The Morgan fingerprint density at radius 3 is 2.54 bits per heavy atom. The summed E-state index contributed by atoms with van der Waals surface area (Å²) < 4.78 is 0. The van der Waals surface area contributed by atoms with E-state index in [4.69, 9.17) is 0 Å². The summed E-state index contributed by atoms with van der Waals surface area (Å²) in [6.07, 6.45) is 4.97. The van der Waals surface area contributed by atoms with Gasteiger partial charge in [0, 0.05) is 12.0 Å². The first-order valence-corrected chi connectivity index (χ1v) is 8.83. The van der Waals surface area contributed by atoms with Crippen LogP contribution in [0.15, 0.2) is 54.9 Å². The van der Waals surface area contributed by atoms with Crippen LogP contribution in [-0.4, -0.2) is 15.1 Å². The summed E-state index contributed by atoms with van der Waals surface area (Å²) in [6, 6.07) is 17.9. The lowest BCUT2D eigenvalue weighted by molar-refractivity contribution is 0.443. The van der Waals surface area contributed by atoms with Crippen molar-refractivity contribution in [1.29, 1.82) is 5.26 Å². The van der Waals surface area contributed by atoms with Crippen molar-refractivity contribution in [1.82, 2.24) is 9.97 Å². The SMILES string of the molecule is CCCCc1ncnc(O)c1Cc1ccc(-c2ccccc2C#N)cc1. The van der Waals surface area contributed by atoms with Gasteiger partial charge < -0.3 is 5.11 Å². The van der Waals surface area contributed by atoms with E-state index < -0.39 is 0 Å². The van der Waals surface area contributed by atoms with Crippen molar-refractivity contribution in [2.24, 2.45) is 0 Å². The molecule has 2 aromatic carbocycles. The van der Waals surface area contributed by atoms with Crippen molar-refractivity contribution in [3.05, 3.63) is 77.2 Å². The molecule has 3 rings (SSSR count). The van der Waals surface area contributed by atoms with E-state index in [0.29, 0.717) is 12.0 Å². The number of unbranched alkanes of at least 4 members (excludes halogenated alkanes) is 1. The van der Waals surface area contributed by atoms with Gasteiger partial charge in [-0.05, 0) is 35.6 Å². The van der Waals surface area contributed by atoms with Gasteiger partial charge in [0.2, 0.25) is 5.88 Å². The molecule has 26 heavy (non-hydrogen) atoms. The van der Waals surface area contributed by atoms with Crippen LogP contribution < -0.4 is 0 Å². The smallest absolute Gasteiger partial charge is 0.217 e. The number of benzene rings is 2. The third-order valence-electron chi connectivity index (χ3n) is 4.47. The number of rotatable bonds is 6. The molecule has 0 spiro atoms. The molecule has 4 heteroatoms. The van der Waals surface area contributed by atoms with Crippen molar-refractivity contribution < 1.29 is 5.11 Å². The van der Waals surface area contributed by atoms with Crippen LogP contribution in [0, 0.1) is 11.3 Å². The fourth-order valence-corrected chi connectivity index (χ4v) is 3.02. The first-order chi connectivity index (χ1) is 12.7. The molecule has 4 nitrogen and oxygen atoms in total. The third kappa shape index (κ3) is 3.89. The minimum absolute atomic E-state index is 0.0602. The molecule has 1 N–H and O–H groups in total. The van der Waals surface area contributed by atoms with E-state index in [-0.39, 0.29) is 5.88 Å². The first kappa shape index (κ1) is 17.6. The molecule has 0 fully saturated rings. The Morgan fingerprint density at radius 2 is 1.81 bits per heavy atom. The normalized spacial score (nSPS) is 10.5. The van der Waals surface area contributed by atoms with Crippen LogP contribution in [-0.2, 0) is 12.8 Å². The minimum atomic E-state index is 0.0602. The monoisotopic (exact) mass is 343 g/mol. The summed E-state index contributed by atoms with van der Waals surface area (Å²) in [4.78, 5) is 8.29. The maximum Gasteiger partial charge on any atom is 0.217 e. The maximum absolute atomic E-state index is 10.2. The van der Waals surface area contributed by atoms with E-state index in [1.165, 1.54) is 6.33 Å². The van der Waals surface area contributed by atoms with Gasteiger partial charge in [0.1, 0.15) is 6.33 Å². The molecule has 0 aliphatic carbocycles. The molecule has 0 aliphatic heterocycles. The van der Waals surface area contributed by atoms with E-state index in [9.17, 15) is 10.4 Å². The second-order valence-corrected chi connectivity index (χ2v) is 6.26. The van der Waals surface area contributed by atoms with Gasteiger partial charge in [-0.25, -0.2) is 9.97 Å². The molecule has 0 saturated heterocycles. The number of aryl methyl sites for hydroxylation is 1. The molecule has 0 radical (unpaired) electrons. The number of hydrogen-bond donors (Lipinski definition) is 1. The number of nitrogens with zero attached hydrogens (tertiary/aromatic N) is 3. The summed E-state index contributed by atoms with van der Waals surface area (Å²) >= 11 is 0. The van der Waals surface area contributed by atoms with Crippen LogP contribution in [0.3, 0.4) is 0 Å². The average Bonchev–Trinajstić information content (AvgIpc) is 2.69. The van der Waals surface area contributed by atoms with Crippen LogP contribution in [0.1, 0.15) is 42.1 Å². The van der Waals surface area contributed by atoms with Crippen molar-refractivity contribution in [2.75, 3.05) is 0 Å². The van der Waals surface area contributed by atoms with Gasteiger partial charge in [-0.15, -0.1) is 0 Å². The average molecular weight is 343 g/mol. The standard InChI is InChI=1S/C22H21N3O/c1-2-3-8-21-20(22(26)25-15-24-21)13-16-9-11-17(12-10-16)19-7-5-4-6-18(19)14-23/h4-7,9-12,15H,2-3,8,13H2,1H3,(H,24,25,26). The molecule has 0 unspecified atom stereocenters. The van der Waals surface area contributed by atoms with Gasteiger partial charge in [-0.3, -0.25) is 0 Å². The lowest BCUT2D eigenvalue weighted by Gasteiger charge is -2.10. The molecule has 1 heterocycles. The van der Waals surface area contributed by atoms with Gasteiger partial charge in [0.15, 0.2) is 0 Å². The Hall–Kier alpha value is -3.19. The molecular weight excluding hydrogens is 322 g/mol. The largest absolute Gasteiger partial charge is 0.493 e. The van der Waals surface area contributed by atoms with Crippen molar-refractivity contribution >= 4 is 0 Å². The van der Waals surface area contributed by atoms with E-state index in [1.807, 2.05) is 48.5 Å². The number of nitriles is 1. The highest BCUT2D eigenvalue weighted by Gasteiger charge is 2.12. The summed E-state index contributed by atoms with van der Waals surface area (Å²) in [5.41, 5.74) is 5.38. The van der Waals surface area contributed by atoms with E-state index in [2.05, 4.69) is 23.0 Å². The Kier molecular flexibility index (Phi) is 5.60. The highest BCUT2D eigenvalue weighted by Crippen LogP contribution is 2.26. The second-order valence-electron chi connectivity index (χ2n) is 6.26. The molecule has 3 aromatic rings. The summed E-state index contributed by atoms with van der Waals surface area (Å²) in [7, 11) is 0. The second kappa shape index (κ2) is 8.26. The molecular formula is C22H21N3O. The predicted molar refractivity (Wildman–Crippen MR) is 102 cm³/mol. The first-order valence-electron chi connectivity index (χ1n) is 8.83. The van der Waals surface area contributed by atoms with Gasteiger partial charge >= 0.3 is 0 Å². The maximum atomic E-state index is 10.2. The Labute approximate surface area is 153 Å². The molecule has 0 amide bonds. The minimum Gasteiger partial charge on any atom is -0.493 e. The van der Waals surface area contributed by atoms with E-state index in [0.717, 1.165) is 47.2 Å². The lowest BCUT2D eigenvalue weighted by atomic mass is 9.97. The van der Waals surface area contributed by atoms with Crippen LogP contribution in [0.2, 0.25) is 0 Å². The molecule has 0 atom stereocenters. The highest BCUT2D eigenvalue weighted by molar-refractivity contribution is 5.70. The van der Waals surface area contributed by atoms with Crippen LogP contribution in [0.25, 0.3) is 11.1 Å². The van der Waals surface area contributed by atoms with Crippen molar-refractivity contribution in [3.63, 3.8) is 0 Å². The van der Waals surface area contributed by atoms with Crippen molar-refractivity contribution in [2.45, 2.75) is 32.6 Å². The highest BCUT2D eigenvalue weighted by atomic mass is 16.3. The topological polar surface area (TPSA) is 69.8 Å². The predicted octanol–water partition coefficient (Wildman–Crippen LogP) is 4.65. The fraction of sp³-hybridized carbons (Fsp3) is 0.227. The summed E-state index contributed by atoms with van der Waals surface area (Å²) in [6.45, 7) is 2.14. The van der Waals surface area contributed by atoms with Crippen LogP contribution >= 0.6 is 0 Å². The van der Waals surface area contributed by atoms with Crippen LogP contribution in [0.5, 0.6) is 5.88 Å². The molecule has 130 valence electrons. The number of hydrogen-bond acceptors (Lipinski definition) is 4. The Morgan fingerprint density at radius 1 is 1.04 bits per heavy atom. The molecule has 0 saturated carbocycles.